The van der Waals surface area contributed by atoms with Gasteiger partial charge in [0.15, 0.2) is 0 Å². The number of nitrogens with one attached hydrogen (secondary N) is 1. The van der Waals surface area contributed by atoms with E-state index in [-0.39, 0.29) is 6.04 Å². The molecule has 0 spiro atoms. The fourth-order valence-corrected chi connectivity index (χ4v) is 2.39. The number of aryl methyl sites for hydroxylation is 1. The molecule has 114 valence electrons. The van der Waals surface area contributed by atoms with Gasteiger partial charge in [0.25, 0.3) is 0 Å². The summed E-state index contributed by atoms with van der Waals surface area (Å²) in [4.78, 5) is 4.28. The second-order valence-electron chi connectivity index (χ2n) is 4.99. The molecule has 0 aliphatic heterocycles. The lowest BCUT2D eigenvalue weighted by Crippen LogP contribution is -2.26. The van der Waals surface area contributed by atoms with Crippen LogP contribution in [0, 0.1) is 0 Å². The molecule has 1 unspecified atom stereocenters. The van der Waals surface area contributed by atoms with Crippen LogP contribution in [0.3, 0.4) is 0 Å². The van der Waals surface area contributed by atoms with Gasteiger partial charge in [-0.05, 0) is 37.9 Å². The van der Waals surface area contributed by atoms with Gasteiger partial charge in [-0.3, -0.25) is 4.68 Å². The molecule has 0 bridgehead atoms. The highest BCUT2D eigenvalue weighted by molar-refractivity contribution is 5.21. The highest BCUT2D eigenvalue weighted by Gasteiger charge is 2.16. The summed E-state index contributed by atoms with van der Waals surface area (Å²) in [6.45, 7) is 6.16. The van der Waals surface area contributed by atoms with E-state index in [9.17, 15) is 0 Å². The van der Waals surface area contributed by atoms with Gasteiger partial charge >= 0.3 is 0 Å². The largest absolute Gasteiger partial charge is 0.481 e. The van der Waals surface area contributed by atoms with E-state index in [1.54, 1.807) is 7.11 Å². The Balaban J connectivity index is 2.15. The second kappa shape index (κ2) is 7.78. The Morgan fingerprint density at radius 1 is 1.29 bits per heavy atom. The van der Waals surface area contributed by atoms with Crippen LogP contribution in [0.1, 0.15) is 37.6 Å². The van der Waals surface area contributed by atoms with Crippen molar-refractivity contribution in [3.8, 4) is 5.88 Å². The number of rotatable bonds is 8. The van der Waals surface area contributed by atoms with Crippen molar-refractivity contribution in [2.24, 2.45) is 0 Å². The van der Waals surface area contributed by atoms with Crippen LogP contribution in [0.2, 0.25) is 0 Å². The summed E-state index contributed by atoms with van der Waals surface area (Å²) >= 11 is 0. The van der Waals surface area contributed by atoms with E-state index in [0.29, 0.717) is 5.88 Å². The highest BCUT2D eigenvalue weighted by atomic mass is 16.5. The molecule has 5 heteroatoms. The van der Waals surface area contributed by atoms with Crippen LogP contribution in [-0.4, -0.2) is 28.4 Å². The van der Waals surface area contributed by atoms with Crippen LogP contribution >= 0.6 is 0 Å². The molecule has 5 nitrogen and oxygen atoms in total. The third-order valence-corrected chi connectivity index (χ3v) is 3.49. The van der Waals surface area contributed by atoms with Crippen LogP contribution in [0.5, 0.6) is 5.88 Å². The first kappa shape index (κ1) is 15.5. The first-order valence-corrected chi connectivity index (χ1v) is 7.52. The lowest BCUT2D eigenvalue weighted by atomic mass is 10.0. The number of hydrogen-bond acceptors (Lipinski definition) is 4. The Morgan fingerprint density at radius 3 is 2.76 bits per heavy atom. The number of aromatic nitrogens is 3. The number of pyridine rings is 1. The van der Waals surface area contributed by atoms with E-state index >= 15 is 0 Å². The van der Waals surface area contributed by atoms with Crippen molar-refractivity contribution in [2.45, 2.75) is 39.3 Å². The summed E-state index contributed by atoms with van der Waals surface area (Å²) in [5.41, 5.74) is 2.41. The molecule has 2 aromatic rings. The molecule has 21 heavy (non-hydrogen) atoms. The van der Waals surface area contributed by atoms with Gasteiger partial charge in [0, 0.05) is 25.0 Å². The van der Waals surface area contributed by atoms with Gasteiger partial charge in [-0.15, -0.1) is 0 Å². The number of methoxy groups -OCH3 is 1. The summed E-state index contributed by atoms with van der Waals surface area (Å²) in [6.07, 6.45) is 5.75. The highest BCUT2D eigenvalue weighted by Crippen LogP contribution is 2.19. The summed E-state index contributed by atoms with van der Waals surface area (Å²) in [7, 11) is 1.63. The summed E-state index contributed by atoms with van der Waals surface area (Å²) in [5, 5.41) is 7.98. The molecule has 0 saturated carbocycles. The van der Waals surface area contributed by atoms with Crippen LogP contribution in [0.25, 0.3) is 0 Å². The monoisotopic (exact) mass is 288 g/mol. The zero-order valence-corrected chi connectivity index (χ0v) is 13.0. The normalized spacial score (nSPS) is 12.3. The zero-order valence-electron chi connectivity index (χ0n) is 13.0. The summed E-state index contributed by atoms with van der Waals surface area (Å²) < 4.78 is 7.15. The maximum Gasteiger partial charge on any atom is 0.212 e. The Hall–Kier alpha value is -1.88. The van der Waals surface area contributed by atoms with Crippen molar-refractivity contribution in [1.82, 2.24) is 20.1 Å². The van der Waals surface area contributed by atoms with Gasteiger partial charge in [-0.1, -0.05) is 13.0 Å². The van der Waals surface area contributed by atoms with Crippen molar-refractivity contribution in [2.75, 3.05) is 13.7 Å². The maximum atomic E-state index is 5.11. The standard InChI is InChI=1S/C16H24N4O/c1-4-9-17-14(15-8-10-19-20(15)5-2)11-13-6-7-16(21-3)18-12-13/h6-8,10,12,14,17H,4-5,9,11H2,1-3H3. The first-order valence-electron chi connectivity index (χ1n) is 7.52. The van der Waals surface area contributed by atoms with Crippen molar-refractivity contribution >= 4 is 0 Å². The van der Waals surface area contributed by atoms with E-state index in [1.165, 1.54) is 11.3 Å². The topological polar surface area (TPSA) is 52.0 Å². The molecule has 0 aromatic carbocycles. The molecule has 0 saturated heterocycles. The van der Waals surface area contributed by atoms with Crippen molar-refractivity contribution in [3.63, 3.8) is 0 Å². The third-order valence-electron chi connectivity index (χ3n) is 3.49. The molecule has 2 heterocycles. The van der Waals surface area contributed by atoms with Gasteiger partial charge in [0.2, 0.25) is 5.88 Å². The summed E-state index contributed by atoms with van der Waals surface area (Å²) in [5.74, 6) is 0.649. The van der Waals surface area contributed by atoms with E-state index in [1.807, 2.05) is 23.1 Å². The van der Waals surface area contributed by atoms with Gasteiger partial charge in [0.05, 0.1) is 18.8 Å². The third kappa shape index (κ3) is 4.04. The van der Waals surface area contributed by atoms with E-state index < -0.39 is 0 Å². The van der Waals surface area contributed by atoms with Crippen molar-refractivity contribution < 1.29 is 4.74 Å². The fraction of sp³-hybridized carbons (Fsp3) is 0.500. The lowest BCUT2D eigenvalue weighted by molar-refractivity contribution is 0.397. The van der Waals surface area contributed by atoms with Gasteiger partial charge in [-0.2, -0.15) is 5.10 Å². The Kier molecular flexibility index (Phi) is 5.75. The number of ether oxygens (including phenoxy) is 1. The Labute approximate surface area is 126 Å². The lowest BCUT2D eigenvalue weighted by Gasteiger charge is -2.19. The van der Waals surface area contributed by atoms with Gasteiger partial charge in [-0.25, -0.2) is 4.98 Å². The maximum absolute atomic E-state index is 5.11. The van der Waals surface area contributed by atoms with Crippen molar-refractivity contribution in [3.05, 3.63) is 41.9 Å². The predicted octanol–water partition coefficient (Wildman–Crippen LogP) is 2.59. The molecule has 0 radical (unpaired) electrons. The predicted molar refractivity (Wildman–Crippen MR) is 83.4 cm³/mol. The minimum absolute atomic E-state index is 0.252. The van der Waals surface area contributed by atoms with Crippen LogP contribution in [0.4, 0.5) is 0 Å². The summed E-state index contributed by atoms with van der Waals surface area (Å²) in [6, 6.07) is 6.32. The SMILES string of the molecule is CCCNC(Cc1ccc(OC)nc1)c1ccnn1CC. The van der Waals surface area contributed by atoms with Crippen LogP contribution in [0.15, 0.2) is 30.6 Å². The molecule has 2 aromatic heterocycles. The fourth-order valence-electron chi connectivity index (χ4n) is 2.39. The smallest absolute Gasteiger partial charge is 0.212 e. The molecular formula is C16H24N4O. The molecule has 0 aliphatic carbocycles. The van der Waals surface area contributed by atoms with Gasteiger partial charge in [0.1, 0.15) is 0 Å². The Morgan fingerprint density at radius 2 is 2.14 bits per heavy atom. The zero-order chi connectivity index (χ0) is 15.1. The quantitative estimate of drug-likeness (QED) is 0.811. The van der Waals surface area contributed by atoms with E-state index in [4.69, 9.17) is 4.74 Å². The molecular weight excluding hydrogens is 264 g/mol. The minimum Gasteiger partial charge on any atom is -0.481 e. The van der Waals surface area contributed by atoms with E-state index in [0.717, 1.165) is 25.9 Å². The second-order valence-corrected chi connectivity index (χ2v) is 4.99. The average molecular weight is 288 g/mol. The van der Waals surface area contributed by atoms with Gasteiger partial charge < -0.3 is 10.1 Å². The molecule has 0 aliphatic rings. The Bertz CT molecular complexity index is 535. The average Bonchev–Trinajstić information content (AvgIpc) is 3.00. The number of hydrogen-bond donors (Lipinski definition) is 1. The molecule has 1 atom stereocenters. The van der Waals surface area contributed by atoms with Crippen LogP contribution < -0.4 is 10.1 Å². The van der Waals surface area contributed by atoms with Crippen molar-refractivity contribution in [1.29, 1.82) is 0 Å². The minimum atomic E-state index is 0.252. The molecule has 1 N–H and O–H groups in total. The number of nitrogens with zero attached hydrogens (tertiary/aromatic N) is 3. The molecule has 0 amide bonds. The molecule has 0 fully saturated rings. The molecule has 2 rings (SSSR count). The first-order chi connectivity index (χ1) is 10.3. The van der Waals surface area contributed by atoms with E-state index in [2.05, 4.69) is 41.4 Å². The van der Waals surface area contributed by atoms with Crippen LogP contribution in [-0.2, 0) is 13.0 Å².